The van der Waals surface area contributed by atoms with Crippen LogP contribution in [-0.4, -0.2) is 7.11 Å². The van der Waals surface area contributed by atoms with Crippen molar-refractivity contribution in [2.75, 3.05) is 17.7 Å². The van der Waals surface area contributed by atoms with Crippen molar-refractivity contribution in [2.45, 2.75) is 0 Å². The molecule has 0 aliphatic rings. The lowest BCUT2D eigenvalue weighted by molar-refractivity contribution is 0.198. The van der Waals surface area contributed by atoms with Crippen LogP contribution in [0.5, 0.6) is 0 Å². The van der Waals surface area contributed by atoms with Gasteiger partial charge in [0.2, 0.25) is 0 Å². The molecule has 2 aromatic carbocycles. The Morgan fingerprint density at radius 1 is 0.913 bits per heavy atom. The Morgan fingerprint density at radius 3 is 2.04 bits per heavy atom. The van der Waals surface area contributed by atoms with E-state index in [-0.39, 0.29) is 28.0 Å². The van der Waals surface area contributed by atoms with Crippen LogP contribution in [-0.2, 0) is 4.84 Å². The minimum absolute atomic E-state index is 0.0862. The summed E-state index contributed by atoms with van der Waals surface area (Å²) < 4.78 is 0. The van der Waals surface area contributed by atoms with Gasteiger partial charge >= 0.3 is 0 Å². The van der Waals surface area contributed by atoms with Gasteiger partial charge in [0.1, 0.15) is 17.1 Å². The minimum Gasteiger partial charge on any atom is -0.733 e. The summed E-state index contributed by atoms with van der Waals surface area (Å²) in [5.41, 5.74) is 0.458. The monoisotopic (exact) mass is 316 g/mol. The number of hydrogen-bond donors (Lipinski definition) is 1. The van der Waals surface area contributed by atoms with Gasteiger partial charge < -0.3 is 15.8 Å². The fourth-order valence-corrected chi connectivity index (χ4v) is 1.84. The zero-order valence-electron chi connectivity index (χ0n) is 11.8. The molecule has 2 aromatic rings. The molecule has 10 nitrogen and oxygen atoms in total. The first-order valence-corrected chi connectivity index (χ1v) is 6.19. The fraction of sp³-hybridized carbons (Fsp3) is 0.0769. The smallest absolute Gasteiger partial charge is 0.139 e. The summed E-state index contributed by atoms with van der Waals surface area (Å²) >= 11 is 0. The molecule has 118 valence electrons. The Hall–Kier alpha value is -3.24. The van der Waals surface area contributed by atoms with E-state index in [1.165, 1.54) is 36.4 Å². The predicted octanol–water partition coefficient (Wildman–Crippen LogP) is 4.49. The second-order valence-electron chi connectivity index (χ2n) is 4.25. The summed E-state index contributed by atoms with van der Waals surface area (Å²) in [7, 11) is 1.15. The van der Waals surface area contributed by atoms with Crippen LogP contribution in [0, 0.1) is 19.9 Å². The molecule has 0 aliphatic carbocycles. The average Bonchev–Trinajstić information content (AvgIpc) is 2.60. The molecule has 1 N–H and O–H groups in total. The lowest BCUT2D eigenvalue weighted by Gasteiger charge is -2.27. The molecule has 0 saturated heterocycles. The molecule has 0 heterocycles. The summed E-state index contributed by atoms with van der Waals surface area (Å²) in [6, 6.07) is 8.32. The summed E-state index contributed by atoms with van der Waals surface area (Å²) in [6.45, 7) is 0. The van der Waals surface area contributed by atoms with Crippen molar-refractivity contribution >= 4 is 34.1 Å². The molecule has 0 spiro atoms. The summed E-state index contributed by atoms with van der Waals surface area (Å²) in [6.07, 6.45) is 0. The average molecular weight is 316 g/mol. The number of nitrogens with zero attached hydrogens (tertiary/aromatic N) is 4. The van der Waals surface area contributed by atoms with Gasteiger partial charge in [-0.2, -0.15) is 0 Å². The molecule has 0 unspecified atom stereocenters. The third-order valence-corrected chi connectivity index (χ3v) is 2.90. The van der Waals surface area contributed by atoms with Crippen LogP contribution in [0.1, 0.15) is 0 Å². The van der Waals surface area contributed by atoms with Crippen LogP contribution in [0.2, 0.25) is 0 Å². The van der Waals surface area contributed by atoms with Gasteiger partial charge in [-0.3, -0.25) is 4.84 Å². The quantitative estimate of drug-likeness (QED) is 0.586. The number of nitrogens with one attached hydrogen (secondary N) is 1. The zero-order chi connectivity index (χ0) is 16.8. The standard InChI is InChI=1S/C13H10N5O5/c1-23-18(22)13-7-9(3-5-11(13)16-20)14-8-2-4-10(15-19)12(6-8)17-21/h2-7,14H,1H3/q-1. The Kier molecular flexibility index (Phi) is 5.02. The minimum atomic E-state index is -0.126. The highest BCUT2D eigenvalue weighted by Gasteiger charge is 2.09. The van der Waals surface area contributed by atoms with E-state index in [2.05, 4.69) is 25.7 Å². The van der Waals surface area contributed by atoms with Crippen LogP contribution >= 0.6 is 0 Å². The normalized spacial score (nSPS) is 10.0. The molecule has 0 amide bonds. The first-order chi connectivity index (χ1) is 11.1. The van der Waals surface area contributed by atoms with E-state index in [0.717, 1.165) is 7.11 Å². The second-order valence-corrected chi connectivity index (χ2v) is 4.25. The van der Waals surface area contributed by atoms with Gasteiger partial charge in [0.25, 0.3) is 0 Å². The first kappa shape index (κ1) is 16.1. The van der Waals surface area contributed by atoms with Crippen molar-refractivity contribution in [1.29, 1.82) is 0 Å². The van der Waals surface area contributed by atoms with Gasteiger partial charge in [0.15, 0.2) is 0 Å². The third kappa shape index (κ3) is 3.51. The number of benzene rings is 2. The highest BCUT2D eigenvalue weighted by Crippen LogP contribution is 2.35. The maximum atomic E-state index is 11.5. The Balaban J connectivity index is 2.35. The molecule has 0 fully saturated rings. The van der Waals surface area contributed by atoms with Gasteiger partial charge in [-0.05, 0) is 51.9 Å². The lowest BCUT2D eigenvalue weighted by atomic mass is 10.2. The van der Waals surface area contributed by atoms with E-state index in [0.29, 0.717) is 11.4 Å². The first-order valence-electron chi connectivity index (χ1n) is 6.19. The molecule has 10 heteroatoms. The number of hydrogen-bond acceptors (Lipinski definition) is 10. The summed E-state index contributed by atoms with van der Waals surface area (Å²) in [5, 5.41) is 22.7. The van der Waals surface area contributed by atoms with Crippen LogP contribution in [0.4, 0.5) is 34.1 Å². The number of anilines is 3. The van der Waals surface area contributed by atoms with Crippen LogP contribution in [0.25, 0.3) is 0 Å². The van der Waals surface area contributed by atoms with Gasteiger partial charge in [-0.1, -0.05) is 0 Å². The van der Waals surface area contributed by atoms with E-state index in [4.69, 9.17) is 0 Å². The van der Waals surface area contributed by atoms with Crippen molar-refractivity contribution in [3.05, 3.63) is 56.3 Å². The molecule has 0 saturated carbocycles. The van der Waals surface area contributed by atoms with Gasteiger partial charge in [-0.15, -0.1) is 14.7 Å². The molecule has 23 heavy (non-hydrogen) atoms. The molecule has 0 atom stereocenters. The molecular formula is C13H10N5O5-. The van der Waals surface area contributed by atoms with Crippen LogP contribution in [0.15, 0.2) is 51.9 Å². The zero-order valence-corrected chi connectivity index (χ0v) is 11.8. The van der Waals surface area contributed by atoms with E-state index >= 15 is 0 Å². The van der Waals surface area contributed by atoms with Crippen molar-refractivity contribution in [2.24, 2.45) is 15.5 Å². The van der Waals surface area contributed by atoms with Crippen molar-refractivity contribution in [1.82, 2.24) is 0 Å². The van der Waals surface area contributed by atoms with Gasteiger partial charge in [0, 0.05) is 11.4 Å². The summed E-state index contributed by atoms with van der Waals surface area (Å²) in [5.74, 6) is 0. The van der Waals surface area contributed by atoms with Gasteiger partial charge in [0.05, 0.1) is 12.8 Å². The SMILES string of the molecule is CON([O-])c1cc(Nc2ccc(N=O)c(N=O)c2)ccc1N=O. The lowest BCUT2D eigenvalue weighted by Crippen LogP contribution is -2.12. The number of rotatable bonds is 7. The molecule has 2 rings (SSSR count). The Bertz CT molecular complexity index is 752. The molecular weight excluding hydrogens is 306 g/mol. The molecule has 0 aromatic heterocycles. The van der Waals surface area contributed by atoms with Crippen LogP contribution in [0.3, 0.4) is 0 Å². The Morgan fingerprint density at radius 2 is 1.48 bits per heavy atom. The van der Waals surface area contributed by atoms with E-state index in [9.17, 15) is 19.9 Å². The molecule has 0 bridgehead atoms. The van der Waals surface area contributed by atoms with Crippen molar-refractivity contribution < 1.29 is 4.84 Å². The third-order valence-electron chi connectivity index (χ3n) is 2.90. The summed E-state index contributed by atoms with van der Waals surface area (Å²) in [4.78, 5) is 36.4. The highest BCUT2D eigenvalue weighted by atomic mass is 16.9. The molecule has 0 aliphatic heterocycles. The van der Waals surface area contributed by atoms with Crippen molar-refractivity contribution in [3.8, 4) is 0 Å². The predicted molar refractivity (Wildman–Crippen MR) is 85.4 cm³/mol. The van der Waals surface area contributed by atoms with Crippen LogP contribution < -0.4 is 10.5 Å². The van der Waals surface area contributed by atoms with Gasteiger partial charge in [-0.25, -0.2) is 0 Å². The maximum Gasteiger partial charge on any atom is 0.139 e. The fourth-order valence-electron chi connectivity index (χ4n) is 1.84. The highest BCUT2D eigenvalue weighted by molar-refractivity contribution is 5.76. The maximum absolute atomic E-state index is 11.5. The molecule has 0 radical (unpaired) electrons. The number of nitroso groups, excluding NO2 is 3. The van der Waals surface area contributed by atoms with E-state index in [1.807, 2.05) is 0 Å². The van der Waals surface area contributed by atoms with E-state index in [1.54, 1.807) is 0 Å². The Labute approximate surface area is 129 Å². The topological polar surface area (TPSA) is 136 Å². The van der Waals surface area contributed by atoms with E-state index < -0.39 is 0 Å². The van der Waals surface area contributed by atoms with Crippen molar-refractivity contribution in [3.63, 3.8) is 0 Å². The second kappa shape index (κ2) is 7.15. The largest absolute Gasteiger partial charge is 0.733 e.